The third kappa shape index (κ3) is 1.11. The molecule has 0 aliphatic heterocycles. The predicted octanol–water partition coefficient (Wildman–Crippen LogP) is 5.42. The van der Waals surface area contributed by atoms with Crippen LogP contribution in [0.3, 0.4) is 0 Å². The van der Waals surface area contributed by atoms with E-state index in [-0.39, 0.29) is 11.1 Å². The molecule has 1 spiro atoms. The summed E-state index contributed by atoms with van der Waals surface area (Å²) in [4.78, 5) is 0. The van der Waals surface area contributed by atoms with Crippen LogP contribution in [0.1, 0.15) is 49.7 Å². The Balaban J connectivity index is 2.04. The van der Waals surface area contributed by atoms with E-state index in [0.29, 0.717) is 12.8 Å². The molecule has 3 aliphatic carbocycles. The van der Waals surface area contributed by atoms with Gasteiger partial charge in [-0.25, -0.2) is 17.6 Å². The molecule has 6 heteroatoms. The van der Waals surface area contributed by atoms with Gasteiger partial charge in [0.25, 0.3) is 0 Å². The number of alkyl halides is 2. The molecule has 2 saturated carbocycles. The van der Waals surface area contributed by atoms with Crippen LogP contribution in [-0.4, -0.2) is 4.33 Å². The molecule has 2 fully saturated rings. The molecule has 0 nitrogen and oxygen atoms in total. The van der Waals surface area contributed by atoms with Crippen LogP contribution >= 0.6 is 23.2 Å². The molecule has 3 atom stereocenters. The first-order valence-corrected chi connectivity index (χ1v) is 7.61. The van der Waals surface area contributed by atoms with Crippen LogP contribution in [-0.2, 0) is 0 Å². The zero-order chi connectivity index (χ0) is 15.5. The Kier molecular flexibility index (Phi) is 2.38. The molecule has 0 amide bonds. The van der Waals surface area contributed by atoms with Gasteiger partial charge in [-0.1, -0.05) is 13.8 Å². The number of rotatable bonds is 0. The molecule has 0 aromatic heterocycles. The van der Waals surface area contributed by atoms with Gasteiger partial charge in [0.2, 0.25) is 0 Å². The molecule has 3 aliphatic rings. The molecule has 1 aromatic rings. The van der Waals surface area contributed by atoms with Gasteiger partial charge in [-0.05, 0) is 24.7 Å². The molecule has 0 heterocycles. The molecule has 1 unspecified atom stereocenters. The molecule has 114 valence electrons. The molecule has 0 N–H and O–H groups in total. The number of fused-ring (bicyclic) bond motifs is 3. The van der Waals surface area contributed by atoms with E-state index in [1.807, 2.05) is 13.8 Å². The van der Waals surface area contributed by atoms with E-state index < -0.39 is 50.3 Å². The fourth-order valence-corrected chi connectivity index (χ4v) is 6.48. The first-order valence-electron chi connectivity index (χ1n) is 6.86. The van der Waals surface area contributed by atoms with Gasteiger partial charge in [-0.3, -0.25) is 0 Å². The van der Waals surface area contributed by atoms with Crippen molar-refractivity contribution < 1.29 is 17.6 Å². The highest BCUT2D eigenvalue weighted by atomic mass is 35.5. The summed E-state index contributed by atoms with van der Waals surface area (Å²) in [6.07, 6.45) is 1.12. The maximum Gasteiger partial charge on any atom is 0.197 e. The van der Waals surface area contributed by atoms with Crippen molar-refractivity contribution in [2.24, 2.45) is 10.8 Å². The lowest BCUT2D eigenvalue weighted by molar-refractivity contribution is 0.341. The minimum atomic E-state index is -1.75. The second-order valence-corrected chi connectivity index (χ2v) is 8.16. The Morgan fingerprint density at radius 3 is 1.43 bits per heavy atom. The summed E-state index contributed by atoms with van der Waals surface area (Å²) in [5.74, 6) is -7.01. The molecule has 4 rings (SSSR count). The number of hydrogen-bond donors (Lipinski definition) is 0. The Morgan fingerprint density at radius 2 is 1.14 bits per heavy atom. The second kappa shape index (κ2) is 3.53. The van der Waals surface area contributed by atoms with E-state index in [2.05, 4.69) is 0 Å². The highest BCUT2D eigenvalue weighted by Gasteiger charge is 2.90. The van der Waals surface area contributed by atoms with Crippen LogP contribution in [0.15, 0.2) is 0 Å². The number of benzene rings is 1. The van der Waals surface area contributed by atoms with Crippen LogP contribution < -0.4 is 0 Å². The van der Waals surface area contributed by atoms with E-state index in [9.17, 15) is 17.6 Å². The molecule has 0 saturated heterocycles. The van der Waals surface area contributed by atoms with Gasteiger partial charge < -0.3 is 0 Å². The Morgan fingerprint density at radius 1 is 0.810 bits per heavy atom. The summed E-state index contributed by atoms with van der Waals surface area (Å²) >= 11 is 12.9. The number of hydrogen-bond acceptors (Lipinski definition) is 0. The zero-order valence-electron chi connectivity index (χ0n) is 11.3. The summed E-state index contributed by atoms with van der Waals surface area (Å²) in [5.41, 5.74) is -1.43. The Bertz CT molecular complexity index is 637. The van der Waals surface area contributed by atoms with Crippen molar-refractivity contribution in [3.05, 3.63) is 34.4 Å². The molecule has 1 aromatic carbocycles. The van der Waals surface area contributed by atoms with Crippen molar-refractivity contribution >= 4 is 23.2 Å². The van der Waals surface area contributed by atoms with Gasteiger partial charge in [0.15, 0.2) is 23.3 Å². The Hall–Kier alpha value is -0.480. The van der Waals surface area contributed by atoms with Crippen molar-refractivity contribution in [2.75, 3.05) is 0 Å². The maximum absolute atomic E-state index is 14.2. The lowest BCUT2D eigenvalue weighted by atomic mass is 9.84. The van der Waals surface area contributed by atoms with Gasteiger partial charge in [0.1, 0.15) is 4.33 Å². The zero-order valence-corrected chi connectivity index (χ0v) is 12.8. The minimum Gasteiger partial charge on any atom is -0.203 e. The first-order chi connectivity index (χ1) is 9.62. The van der Waals surface area contributed by atoms with Crippen LogP contribution in [0.25, 0.3) is 0 Å². The van der Waals surface area contributed by atoms with Gasteiger partial charge >= 0.3 is 0 Å². The monoisotopic (exact) mass is 338 g/mol. The van der Waals surface area contributed by atoms with Crippen LogP contribution in [0.2, 0.25) is 0 Å². The lowest BCUT2D eigenvalue weighted by Gasteiger charge is -2.19. The smallest absolute Gasteiger partial charge is 0.197 e. The third-order valence-electron chi connectivity index (χ3n) is 6.16. The summed E-state index contributed by atoms with van der Waals surface area (Å²) in [6.45, 7) is 3.68. The predicted molar refractivity (Wildman–Crippen MR) is 71.6 cm³/mol. The summed E-state index contributed by atoms with van der Waals surface area (Å²) in [6, 6.07) is 0. The van der Waals surface area contributed by atoms with E-state index >= 15 is 0 Å². The highest BCUT2D eigenvalue weighted by Crippen LogP contribution is 2.92. The van der Waals surface area contributed by atoms with E-state index in [0.717, 1.165) is 0 Å². The van der Waals surface area contributed by atoms with Gasteiger partial charge in [0.05, 0.1) is 0 Å². The number of halogens is 6. The largest absolute Gasteiger partial charge is 0.203 e. The SMILES string of the molecule is CC1(C)C(Cl)(Cl)C12[C@@H]1CC[C@H]2c2c(F)c(F)c(F)c(F)c21. The quantitative estimate of drug-likeness (QED) is 0.256. The normalized spacial score (nSPS) is 37.1. The summed E-state index contributed by atoms with van der Waals surface area (Å²) in [7, 11) is 0. The fraction of sp³-hybridized carbons (Fsp3) is 0.600. The van der Waals surface area contributed by atoms with Gasteiger partial charge in [-0.2, -0.15) is 0 Å². The average molecular weight is 339 g/mol. The summed E-state index contributed by atoms with van der Waals surface area (Å²) in [5, 5.41) is 0. The van der Waals surface area contributed by atoms with Crippen molar-refractivity contribution in [2.45, 2.75) is 42.9 Å². The summed E-state index contributed by atoms with van der Waals surface area (Å²) < 4.78 is 54.4. The maximum atomic E-state index is 14.2. The molecular weight excluding hydrogens is 327 g/mol. The third-order valence-corrected chi connectivity index (χ3v) is 7.73. The van der Waals surface area contributed by atoms with Crippen LogP contribution in [0.5, 0.6) is 0 Å². The Labute approximate surface area is 129 Å². The minimum absolute atomic E-state index is 0.0566. The topological polar surface area (TPSA) is 0 Å². The molecule has 2 bridgehead atoms. The molecular formula is C15H12Cl2F4. The standard InChI is InChI=1S/C15H12Cl2F4/c1-13(2)14(15(13,16)17)5-3-4-6(14)8-7(5)9(18)11(20)12(21)10(8)19/h5-6H,3-4H2,1-2H3/t5-,6+,14?. The molecule has 21 heavy (non-hydrogen) atoms. The lowest BCUT2D eigenvalue weighted by Crippen LogP contribution is -2.15. The van der Waals surface area contributed by atoms with Gasteiger partial charge in [-0.15, -0.1) is 23.2 Å². The van der Waals surface area contributed by atoms with Crippen molar-refractivity contribution in [3.63, 3.8) is 0 Å². The van der Waals surface area contributed by atoms with Crippen molar-refractivity contribution in [1.29, 1.82) is 0 Å². The fourth-order valence-electron chi connectivity index (χ4n) is 5.26. The van der Waals surface area contributed by atoms with Crippen LogP contribution in [0.4, 0.5) is 17.6 Å². The van der Waals surface area contributed by atoms with E-state index in [4.69, 9.17) is 23.2 Å². The van der Waals surface area contributed by atoms with Crippen molar-refractivity contribution in [1.82, 2.24) is 0 Å². The van der Waals surface area contributed by atoms with E-state index in [1.54, 1.807) is 0 Å². The highest BCUT2D eigenvalue weighted by molar-refractivity contribution is 6.52. The first kappa shape index (κ1) is 14.1. The van der Waals surface area contributed by atoms with E-state index in [1.165, 1.54) is 0 Å². The second-order valence-electron chi connectivity index (χ2n) is 6.83. The average Bonchev–Trinajstić information content (AvgIpc) is 2.83. The molecule has 0 radical (unpaired) electrons. The van der Waals surface area contributed by atoms with Crippen molar-refractivity contribution in [3.8, 4) is 0 Å². The van der Waals surface area contributed by atoms with Crippen LogP contribution in [0, 0.1) is 34.1 Å². The van der Waals surface area contributed by atoms with Gasteiger partial charge in [0, 0.05) is 22.0 Å².